The van der Waals surface area contributed by atoms with Gasteiger partial charge in [0.1, 0.15) is 17.4 Å². The lowest BCUT2D eigenvalue weighted by Gasteiger charge is -2.14. The third kappa shape index (κ3) is 6.65. The molecule has 4 aromatic rings. The van der Waals surface area contributed by atoms with E-state index in [2.05, 4.69) is 15.6 Å². The van der Waals surface area contributed by atoms with Crippen LogP contribution in [0.4, 0.5) is 39.4 Å². The van der Waals surface area contributed by atoms with Gasteiger partial charge in [0.25, 0.3) is 11.6 Å². The molecule has 0 aliphatic heterocycles. The Labute approximate surface area is 227 Å². The molecule has 1 unspecified atom stereocenters. The van der Waals surface area contributed by atoms with Gasteiger partial charge >= 0.3 is 6.03 Å². The number of carbonyl (C=O) groups is 2. The van der Waals surface area contributed by atoms with Crippen molar-refractivity contribution in [3.8, 4) is 11.1 Å². The summed E-state index contributed by atoms with van der Waals surface area (Å²) in [7, 11) is 1.33. The van der Waals surface area contributed by atoms with Crippen molar-refractivity contribution in [2.24, 2.45) is 10.7 Å². The number of nitrogens with two attached hydrogens (primary N) is 2. The van der Waals surface area contributed by atoms with Crippen LogP contribution in [0.3, 0.4) is 0 Å². The molecule has 1 atom stereocenters. The molecule has 8 nitrogen and oxygen atoms in total. The van der Waals surface area contributed by atoms with Crippen molar-refractivity contribution in [3.05, 3.63) is 102 Å². The van der Waals surface area contributed by atoms with Crippen LogP contribution >= 0.6 is 9.24 Å². The highest BCUT2D eigenvalue weighted by molar-refractivity contribution is 7.17. The molecule has 0 spiro atoms. The summed E-state index contributed by atoms with van der Waals surface area (Å²) in [6.07, 6.45) is 1.29. The third-order valence-electron chi connectivity index (χ3n) is 5.66. The minimum atomic E-state index is -3.30. The standard InChI is InChI=1S/C27H22F4N5O3P/c28-20-10-5-15(27(30,31)40)12-21(20)35-26(38)34-16-6-3-14(4-7-16)18-8-9-19(24(32)23(18)29)25(33)36-22(37)13-17-2-1-11-39-17/h1-12H,13,32,40H2,(H2,33,36,37)(H2,34,35,38). The number of amidine groups is 1. The van der Waals surface area contributed by atoms with E-state index >= 15 is 4.39 Å². The van der Waals surface area contributed by atoms with Gasteiger partial charge in [-0.15, -0.1) is 0 Å². The average Bonchev–Trinajstić information content (AvgIpc) is 3.39. The number of amides is 3. The normalized spacial score (nSPS) is 11.8. The molecular formula is C27H22F4N5O3P. The van der Waals surface area contributed by atoms with Gasteiger partial charge in [0.05, 0.1) is 24.1 Å². The number of nitrogens with zero attached hydrogens (tertiary/aromatic N) is 1. The highest BCUT2D eigenvalue weighted by atomic mass is 31.0. The molecule has 13 heteroatoms. The van der Waals surface area contributed by atoms with E-state index in [0.717, 1.165) is 18.2 Å². The number of carbonyl (C=O) groups excluding carboxylic acids is 2. The van der Waals surface area contributed by atoms with Crippen LogP contribution in [0.2, 0.25) is 0 Å². The number of benzene rings is 3. The van der Waals surface area contributed by atoms with E-state index in [0.29, 0.717) is 11.3 Å². The molecule has 0 radical (unpaired) electrons. The minimum Gasteiger partial charge on any atom is -0.469 e. The van der Waals surface area contributed by atoms with Crippen molar-refractivity contribution in [1.82, 2.24) is 0 Å². The molecule has 1 heterocycles. The Morgan fingerprint density at radius 3 is 2.38 bits per heavy atom. The van der Waals surface area contributed by atoms with Crippen molar-refractivity contribution in [1.29, 1.82) is 0 Å². The van der Waals surface area contributed by atoms with Crippen molar-refractivity contribution in [2.75, 3.05) is 16.4 Å². The van der Waals surface area contributed by atoms with Crippen LogP contribution in [-0.4, -0.2) is 17.8 Å². The Balaban J connectivity index is 1.45. The number of alkyl halides is 2. The lowest BCUT2D eigenvalue weighted by atomic mass is 10.0. The summed E-state index contributed by atoms with van der Waals surface area (Å²) in [6.45, 7) is 0. The second-order valence-electron chi connectivity index (χ2n) is 8.51. The molecule has 0 bridgehead atoms. The first-order chi connectivity index (χ1) is 18.9. The van der Waals surface area contributed by atoms with Gasteiger partial charge in [0.15, 0.2) is 5.82 Å². The van der Waals surface area contributed by atoms with Crippen LogP contribution in [0.25, 0.3) is 11.1 Å². The third-order valence-corrected chi connectivity index (χ3v) is 5.99. The predicted molar refractivity (Wildman–Crippen MR) is 147 cm³/mol. The summed E-state index contributed by atoms with van der Waals surface area (Å²) in [5, 5.41) is 4.62. The van der Waals surface area contributed by atoms with Crippen LogP contribution in [0, 0.1) is 11.6 Å². The molecule has 0 saturated carbocycles. The molecule has 6 N–H and O–H groups in total. The number of rotatable bonds is 7. The van der Waals surface area contributed by atoms with Crippen LogP contribution in [0.1, 0.15) is 16.9 Å². The first kappa shape index (κ1) is 28.3. The molecule has 3 amide bonds. The predicted octanol–water partition coefficient (Wildman–Crippen LogP) is 5.85. The van der Waals surface area contributed by atoms with Crippen molar-refractivity contribution in [3.63, 3.8) is 0 Å². The summed E-state index contributed by atoms with van der Waals surface area (Å²) < 4.78 is 61.3. The van der Waals surface area contributed by atoms with Gasteiger partial charge in [-0.05, 0) is 54.1 Å². The van der Waals surface area contributed by atoms with Gasteiger partial charge in [-0.3, -0.25) is 4.79 Å². The maximum Gasteiger partial charge on any atom is 0.323 e. The molecule has 1 aromatic heterocycles. The van der Waals surface area contributed by atoms with Crippen LogP contribution in [0.5, 0.6) is 0 Å². The van der Waals surface area contributed by atoms with Crippen molar-refractivity contribution < 1.29 is 31.6 Å². The monoisotopic (exact) mass is 571 g/mol. The summed E-state index contributed by atoms with van der Waals surface area (Å²) >= 11 is 0. The van der Waals surface area contributed by atoms with E-state index < -0.39 is 40.5 Å². The zero-order valence-corrected chi connectivity index (χ0v) is 21.7. The smallest absolute Gasteiger partial charge is 0.323 e. The van der Waals surface area contributed by atoms with E-state index in [9.17, 15) is 22.8 Å². The molecule has 40 heavy (non-hydrogen) atoms. The number of aliphatic imine (C=N–C) groups is 1. The summed E-state index contributed by atoms with van der Waals surface area (Å²) in [4.78, 5) is 28.2. The molecule has 3 aromatic carbocycles. The van der Waals surface area contributed by atoms with Gasteiger partial charge in [0.2, 0.25) is 0 Å². The Morgan fingerprint density at radius 1 is 1.00 bits per heavy atom. The summed E-state index contributed by atoms with van der Waals surface area (Å²) in [6, 6.07) is 13.6. The second kappa shape index (κ2) is 11.6. The van der Waals surface area contributed by atoms with Gasteiger partial charge in [-0.1, -0.05) is 27.4 Å². The second-order valence-corrected chi connectivity index (χ2v) is 9.23. The lowest BCUT2D eigenvalue weighted by Crippen LogP contribution is -2.20. The SMILES string of the molecule is NC(=NC(=O)Cc1ccco1)c1ccc(-c2ccc(NC(=O)Nc3cc(C(F)(F)P)ccc3F)cc2)c(F)c1N. The maximum absolute atomic E-state index is 15.2. The Bertz CT molecular complexity index is 1590. The number of nitrogens with one attached hydrogen (secondary N) is 2. The zero-order valence-electron chi connectivity index (χ0n) is 20.6. The summed E-state index contributed by atoms with van der Waals surface area (Å²) in [5.74, 6) is -2.15. The largest absolute Gasteiger partial charge is 0.469 e. The number of furan rings is 1. The van der Waals surface area contributed by atoms with Gasteiger partial charge < -0.3 is 26.5 Å². The van der Waals surface area contributed by atoms with Crippen LogP contribution in [-0.2, 0) is 16.9 Å². The topological polar surface area (TPSA) is 136 Å². The lowest BCUT2D eigenvalue weighted by molar-refractivity contribution is -0.117. The molecule has 206 valence electrons. The summed E-state index contributed by atoms with van der Waals surface area (Å²) in [5.41, 5.74) is 8.09. The van der Waals surface area contributed by atoms with Gasteiger partial charge in [0, 0.05) is 22.4 Å². The van der Waals surface area contributed by atoms with E-state index in [4.69, 9.17) is 15.9 Å². The number of nitrogen functional groups attached to an aromatic ring is 1. The van der Waals surface area contributed by atoms with Crippen molar-refractivity contribution in [2.45, 2.75) is 12.1 Å². The van der Waals surface area contributed by atoms with Gasteiger partial charge in [-0.25, -0.2) is 13.6 Å². The van der Waals surface area contributed by atoms with E-state index in [1.165, 1.54) is 51.9 Å². The van der Waals surface area contributed by atoms with E-state index in [1.807, 2.05) is 0 Å². The molecule has 0 aliphatic rings. The number of urea groups is 1. The van der Waals surface area contributed by atoms with Crippen molar-refractivity contribution >= 4 is 44.1 Å². The maximum atomic E-state index is 15.2. The number of halogens is 4. The zero-order chi connectivity index (χ0) is 29.0. The molecule has 4 rings (SSSR count). The Hall–Kier alpha value is -4.70. The van der Waals surface area contributed by atoms with E-state index in [-0.39, 0.29) is 34.8 Å². The van der Waals surface area contributed by atoms with E-state index in [1.54, 1.807) is 12.1 Å². The first-order valence-corrected chi connectivity index (χ1v) is 12.1. The fraction of sp³-hybridized carbons (Fsp3) is 0.0741. The molecule has 0 saturated heterocycles. The Morgan fingerprint density at radius 2 is 1.73 bits per heavy atom. The fourth-order valence-electron chi connectivity index (χ4n) is 3.68. The number of hydrogen-bond donors (Lipinski definition) is 4. The van der Waals surface area contributed by atoms with Crippen LogP contribution in [0.15, 0.2) is 82.4 Å². The minimum absolute atomic E-state index is 0.0414. The molecular weight excluding hydrogens is 549 g/mol. The Kier molecular flexibility index (Phi) is 8.20. The average molecular weight is 571 g/mol. The first-order valence-electron chi connectivity index (χ1n) is 11.5. The quantitative estimate of drug-likeness (QED) is 0.0726. The number of hydrogen-bond acceptors (Lipinski definition) is 4. The fourth-order valence-corrected chi connectivity index (χ4v) is 3.86. The highest BCUT2D eigenvalue weighted by Crippen LogP contribution is 2.36. The van der Waals surface area contributed by atoms with Crippen LogP contribution < -0.4 is 22.1 Å². The number of anilines is 3. The molecule has 0 aliphatic carbocycles. The highest BCUT2D eigenvalue weighted by Gasteiger charge is 2.25. The van der Waals surface area contributed by atoms with Gasteiger partial charge in [-0.2, -0.15) is 13.8 Å². The molecule has 0 fully saturated rings.